The van der Waals surface area contributed by atoms with Crippen LogP contribution >= 0.6 is 11.3 Å². The van der Waals surface area contributed by atoms with Gasteiger partial charge in [-0.05, 0) is 36.1 Å². The average molecular weight is 395 g/mol. The molecule has 0 N–H and O–H groups in total. The zero-order chi connectivity index (χ0) is 19.5. The molecule has 1 aliphatic rings. The quantitative estimate of drug-likeness (QED) is 0.569. The fraction of sp³-hybridized carbons (Fsp3) is 0.348. The maximum absolute atomic E-state index is 11.5. The van der Waals surface area contributed by atoms with Gasteiger partial charge in [-0.15, -0.1) is 11.3 Å². The van der Waals surface area contributed by atoms with Crippen molar-refractivity contribution in [3.05, 3.63) is 59.0 Å². The standard InChI is InChI=1S/C23H26N2O2S/c1-17-18-7-3-6-10-22(18)28-23(17)20(11-16-26)25-14-12-24(13-15-25)19-8-4-5-9-21(19)27-2/h3-10,16,20H,11-15H2,1-2H3. The van der Waals surface area contributed by atoms with Crippen LogP contribution in [0.1, 0.15) is 22.9 Å². The van der Waals surface area contributed by atoms with Crippen molar-refractivity contribution >= 4 is 33.4 Å². The number of rotatable bonds is 6. The summed E-state index contributed by atoms with van der Waals surface area (Å²) in [4.78, 5) is 17.7. The largest absolute Gasteiger partial charge is 0.495 e. The highest BCUT2D eigenvalue weighted by Gasteiger charge is 2.28. The Kier molecular flexibility index (Phi) is 5.64. The van der Waals surface area contributed by atoms with E-state index in [1.807, 2.05) is 23.5 Å². The van der Waals surface area contributed by atoms with E-state index in [2.05, 4.69) is 53.1 Å². The molecule has 0 radical (unpaired) electrons. The summed E-state index contributed by atoms with van der Waals surface area (Å²) in [7, 11) is 1.72. The second-order valence-electron chi connectivity index (χ2n) is 7.20. The number of piperazine rings is 1. The predicted octanol–water partition coefficient (Wildman–Crippen LogP) is 4.67. The summed E-state index contributed by atoms with van der Waals surface area (Å²) >= 11 is 1.83. The van der Waals surface area contributed by atoms with Gasteiger partial charge in [-0.2, -0.15) is 0 Å². The van der Waals surface area contributed by atoms with Crippen molar-refractivity contribution in [2.24, 2.45) is 0 Å². The van der Waals surface area contributed by atoms with Crippen LogP contribution in [0.25, 0.3) is 10.1 Å². The molecule has 1 unspecified atom stereocenters. The Bertz CT molecular complexity index is 960. The van der Waals surface area contributed by atoms with E-state index in [-0.39, 0.29) is 6.04 Å². The smallest absolute Gasteiger partial charge is 0.142 e. The van der Waals surface area contributed by atoms with Crippen molar-refractivity contribution in [1.82, 2.24) is 4.90 Å². The van der Waals surface area contributed by atoms with Crippen LogP contribution in [0.3, 0.4) is 0 Å². The molecule has 0 bridgehead atoms. The number of aryl methyl sites for hydroxylation is 1. The van der Waals surface area contributed by atoms with Crippen molar-refractivity contribution in [2.45, 2.75) is 19.4 Å². The number of carbonyl (C=O) groups is 1. The third-order valence-electron chi connectivity index (χ3n) is 5.68. The number of hydrogen-bond acceptors (Lipinski definition) is 5. The molecule has 28 heavy (non-hydrogen) atoms. The summed E-state index contributed by atoms with van der Waals surface area (Å²) in [6.45, 7) is 5.92. The number of nitrogens with zero attached hydrogens (tertiary/aromatic N) is 2. The number of anilines is 1. The third kappa shape index (κ3) is 3.52. The lowest BCUT2D eigenvalue weighted by Crippen LogP contribution is -2.47. The summed E-state index contributed by atoms with van der Waals surface area (Å²) in [6.07, 6.45) is 1.61. The zero-order valence-electron chi connectivity index (χ0n) is 16.4. The number of ether oxygens (including phenoxy) is 1. The van der Waals surface area contributed by atoms with Crippen LogP contribution in [0, 0.1) is 6.92 Å². The lowest BCUT2D eigenvalue weighted by molar-refractivity contribution is -0.109. The number of aldehydes is 1. The summed E-state index contributed by atoms with van der Waals surface area (Å²) < 4.78 is 6.83. The zero-order valence-corrected chi connectivity index (χ0v) is 17.2. The van der Waals surface area contributed by atoms with E-state index in [9.17, 15) is 4.79 Å². The highest BCUT2D eigenvalue weighted by Crippen LogP contribution is 2.39. The molecule has 1 saturated heterocycles. The molecule has 1 atom stereocenters. The fourth-order valence-electron chi connectivity index (χ4n) is 4.19. The first-order valence-electron chi connectivity index (χ1n) is 9.76. The van der Waals surface area contributed by atoms with Crippen molar-refractivity contribution in [1.29, 1.82) is 0 Å². The van der Waals surface area contributed by atoms with Gasteiger partial charge in [-0.3, -0.25) is 4.90 Å². The molecule has 0 saturated carbocycles. The van der Waals surface area contributed by atoms with Gasteiger partial charge in [0.25, 0.3) is 0 Å². The van der Waals surface area contributed by atoms with E-state index >= 15 is 0 Å². The van der Waals surface area contributed by atoms with Gasteiger partial charge in [0.2, 0.25) is 0 Å². The van der Waals surface area contributed by atoms with Crippen LogP contribution in [0.2, 0.25) is 0 Å². The molecule has 1 aromatic heterocycles. The Balaban J connectivity index is 1.55. The van der Waals surface area contributed by atoms with Gasteiger partial charge in [0.1, 0.15) is 12.0 Å². The first-order chi connectivity index (χ1) is 13.7. The minimum absolute atomic E-state index is 0.162. The lowest BCUT2D eigenvalue weighted by atomic mass is 10.0. The van der Waals surface area contributed by atoms with E-state index in [1.165, 1.54) is 20.5 Å². The first kappa shape index (κ1) is 19.0. The topological polar surface area (TPSA) is 32.8 Å². The van der Waals surface area contributed by atoms with Gasteiger partial charge >= 0.3 is 0 Å². The van der Waals surface area contributed by atoms with Gasteiger partial charge in [-0.1, -0.05) is 30.3 Å². The van der Waals surface area contributed by atoms with E-state index < -0.39 is 0 Å². The Morgan fingerprint density at radius 3 is 2.50 bits per heavy atom. The molecule has 1 aliphatic heterocycles. The number of para-hydroxylation sites is 2. The molecule has 0 spiro atoms. The van der Waals surface area contributed by atoms with Crippen molar-refractivity contribution in [3.63, 3.8) is 0 Å². The SMILES string of the molecule is COc1ccccc1N1CCN(C(CC=O)c2sc3ccccc3c2C)CC1. The molecule has 2 aromatic carbocycles. The summed E-state index contributed by atoms with van der Waals surface area (Å²) in [6, 6.07) is 16.9. The predicted molar refractivity (Wildman–Crippen MR) is 117 cm³/mol. The third-order valence-corrected chi connectivity index (χ3v) is 7.06. The summed E-state index contributed by atoms with van der Waals surface area (Å²) in [5.41, 5.74) is 2.47. The molecular weight excluding hydrogens is 368 g/mol. The summed E-state index contributed by atoms with van der Waals surface area (Å²) in [5, 5.41) is 1.31. The molecule has 0 amide bonds. The molecule has 146 valence electrons. The van der Waals surface area contributed by atoms with Gasteiger partial charge in [0.05, 0.1) is 18.8 Å². The summed E-state index contributed by atoms with van der Waals surface area (Å²) in [5.74, 6) is 0.917. The Labute approximate surface area is 170 Å². The number of hydrogen-bond donors (Lipinski definition) is 0. The average Bonchev–Trinajstić information content (AvgIpc) is 3.08. The van der Waals surface area contributed by atoms with Crippen molar-refractivity contribution in [3.8, 4) is 5.75 Å². The molecule has 3 aromatic rings. The molecular formula is C23H26N2O2S. The second-order valence-corrected chi connectivity index (χ2v) is 8.28. The molecule has 1 fully saturated rings. The number of fused-ring (bicyclic) bond motifs is 1. The van der Waals surface area contributed by atoms with Crippen molar-refractivity contribution < 1.29 is 9.53 Å². The van der Waals surface area contributed by atoms with E-state index in [4.69, 9.17) is 4.74 Å². The lowest BCUT2D eigenvalue weighted by Gasteiger charge is -2.40. The Morgan fingerprint density at radius 1 is 1.07 bits per heavy atom. The van der Waals surface area contributed by atoms with Crippen LogP contribution in [0.5, 0.6) is 5.75 Å². The molecule has 0 aliphatic carbocycles. The molecule has 5 heteroatoms. The van der Waals surface area contributed by atoms with Gasteiger partial charge in [0.15, 0.2) is 0 Å². The van der Waals surface area contributed by atoms with E-state index in [0.717, 1.165) is 43.9 Å². The number of thiophene rings is 1. The number of benzene rings is 2. The first-order valence-corrected chi connectivity index (χ1v) is 10.6. The number of carbonyl (C=O) groups excluding carboxylic acids is 1. The second kappa shape index (κ2) is 8.33. The van der Waals surface area contributed by atoms with Gasteiger partial charge < -0.3 is 14.4 Å². The van der Waals surface area contributed by atoms with Crippen LogP contribution in [-0.2, 0) is 4.79 Å². The van der Waals surface area contributed by atoms with Crippen LogP contribution in [0.4, 0.5) is 5.69 Å². The Hall–Kier alpha value is -2.37. The van der Waals surface area contributed by atoms with E-state index in [0.29, 0.717) is 6.42 Å². The Morgan fingerprint density at radius 2 is 1.79 bits per heavy atom. The minimum Gasteiger partial charge on any atom is -0.495 e. The van der Waals surface area contributed by atoms with Gasteiger partial charge in [0, 0.05) is 42.2 Å². The van der Waals surface area contributed by atoms with Crippen LogP contribution < -0.4 is 9.64 Å². The molecule has 2 heterocycles. The minimum atomic E-state index is 0.162. The highest BCUT2D eigenvalue weighted by molar-refractivity contribution is 7.19. The van der Waals surface area contributed by atoms with Crippen LogP contribution in [-0.4, -0.2) is 44.5 Å². The number of methoxy groups -OCH3 is 1. The molecule has 4 nitrogen and oxygen atoms in total. The molecule has 4 rings (SSSR count). The van der Waals surface area contributed by atoms with Gasteiger partial charge in [-0.25, -0.2) is 0 Å². The van der Waals surface area contributed by atoms with E-state index in [1.54, 1.807) is 7.11 Å². The monoisotopic (exact) mass is 394 g/mol. The van der Waals surface area contributed by atoms with Crippen molar-refractivity contribution in [2.75, 3.05) is 38.2 Å². The highest BCUT2D eigenvalue weighted by atomic mass is 32.1. The normalized spacial score (nSPS) is 16.3. The fourth-order valence-corrected chi connectivity index (χ4v) is 5.55. The maximum atomic E-state index is 11.5. The van der Waals surface area contributed by atoms with Crippen LogP contribution in [0.15, 0.2) is 48.5 Å². The maximum Gasteiger partial charge on any atom is 0.142 e.